The summed E-state index contributed by atoms with van der Waals surface area (Å²) in [6.45, 7) is 9.18. The molecule has 2 fully saturated rings. The van der Waals surface area contributed by atoms with Crippen LogP contribution in [0.15, 0.2) is 0 Å². The fourth-order valence-electron chi connectivity index (χ4n) is 2.99. The topological polar surface area (TPSA) is 58.8 Å². The van der Waals surface area contributed by atoms with E-state index in [2.05, 4.69) is 18.7 Å². The lowest BCUT2D eigenvalue weighted by Gasteiger charge is -2.38. The highest BCUT2D eigenvalue weighted by Crippen LogP contribution is 2.21. The van der Waals surface area contributed by atoms with E-state index in [-0.39, 0.29) is 18.1 Å². The summed E-state index contributed by atoms with van der Waals surface area (Å²) >= 11 is 0. The lowest BCUT2D eigenvalue weighted by atomic mass is 9.91. The van der Waals surface area contributed by atoms with E-state index < -0.39 is 0 Å². The van der Waals surface area contributed by atoms with Gasteiger partial charge in [-0.3, -0.25) is 9.69 Å². The van der Waals surface area contributed by atoms with Gasteiger partial charge in [0.25, 0.3) is 5.91 Å². The highest BCUT2D eigenvalue weighted by Gasteiger charge is 2.32. The van der Waals surface area contributed by atoms with Crippen molar-refractivity contribution in [3.05, 3.63) is 0 Å². The Balaban J connectivity index is 1.83. The molecule has 2 atom stereocenters. The fourth-order valence-corrected chi connectivity index (χ4v) is 2.99. The minimum absolute atomic E-state index is 0.168. The molecule has 0 aromatic rings. The zero-order valence-corrected chi connectivity index (χ0v) is 12.2. The molecule has 0 aliphatic carbocycles. The Morgan fingerprint density at radius 1 is 1.37 bits per heavy atom. The van der Waals surface area contributed by atoms with Crippen molar-refractivity contribution < 1.29 is 9.53 Å². The number of hydrogen-bond donors (Lipinski definition) is 1. The number of likely N-dealkylation sites (tertiary alicyclic amines) is 1. The third-order valence-electron chi connectivity index (χ3n) is 4.47. The normalized spacial score (nSPS) is 28.4. The Bertz CT molecular complexity index is 301. The Morgan fingerprint density at radius 3 is 2.63 bits per heavy atom. The van der Waals surface area contributed by atoms with Crippen LogP contribution in [0, 0.1) is 5.92 Å². The van der Waals surface area contributed by atoms with Gasteiger partial charge < -0.3 is 15.4 Å². The molecule has 2 saturated heterocycles. The molecule has 2 aliphatic rings. The molecular weight excluding hydrogens is 242 g/mol. The first-order valence-electron chi connectivity index (χ1n) is 7.50. The SMILES string of the molecule is CCN1CCOC(C(=O)N2CCC(C(C)N)CC2)C1. The van der Waals surface area contributed by atoms with E-state index in [1.165, 1.54) is 0 Å². The van der Waals surface area contributed by atoms with E-state index in [9.17, 15) is 4.79 Å². The number of carbonyl (C=O) groups excluding carboxylic acids is 1. The van der Waals surface area contributed by atoms with Gasteiger partial charge >= 0.3 is 0 Å². The summed E-state index contributed by atoms with van der Waals surface area (Å²) in [5.41, 5.74) is 5.93. The zero-order chi connectivity index (χ0) is 13.8. The van der Waals surface area contributed by atoms with Crippen LogP contribution in [0.4, 0.5) is 0 Å². The van der Waals surface area contributed by atoms with Gasteiger partial charge in [-0.25, -0.2) is 0 Å². The summed E-state index contributed by atoms with van der Waals surface area (Å²) in [5.74, 6) is 0.727. The number of rotatable bonds is 3. The Hall–Kier alpha value is -0.650. The van der Waals surface area contributed by atoms with Crippen LogP contribution in [0.1, 0.15) is 26.7 Å². The predicted molar refractivity (Wildman–Crippen MR) is 74.8 cm³/mol. The molecule has 0 bridgehead atoms. The summed E-state index contributed by atoms with van der Waals surface area (Å²) in [6.07, 6.45) is 1.78. The quantitative estimate of drug-likeness (QED) is 0.800. The van der Waals surface area contributed by atoms with Crippen molar-refractivity contribution in [1.29, 1.82) is 0 Å². The van der Waals surface area contributed by atoms with Gasteiger partial charge in [0.2, 0.25) is 0 Å². The maximum Gasteiger partial charge on any atom is 0.253 e. The van der Waals surface area contributed by atoms with Crippen LogP contribution >= 0.6 is 0 Å². The zero-order valence-electron chi connectivity index (χ0n) is 12.2. The highest BCUT2D eigenvalue weighted by atomic mass is 16.5. The van der Waals surface area contributed by atoms with E-state index in [1.54, 1.807) is 0 Å². The minimum Gasteiger partial charge on any atom is -0.366 e. The van der Waals surface area contributed by atoms with Gasteiger partial charge in [0.05, 0.1) is 6.61 Å². The molecule has 19 heavy (non-hydrogen) atoms. The Labute approximate surface area is 116 Å². The van der Waals surface area contributed by atoms with E-state index in [0.29, 0.717) is 12.5 Å². The Morgan fingerprint density at radius 2 is 2.05 bits per heavy atom. The standard InChI is InChI=1S/C14H27N3O2/c1-3-16-8-9-19-13(10-16)14(18)17-6-4-12(5-7-17)11(2)15/h11-13H,3-10,15H2,1-2H3. The second-order valence-electron chi connectivity index (χ2n) is 5.77. The number of carbonyl (C=O) groups is 1. The molecule has 0 radical (unpaired) electrons. The first kappa shape index (κ1) is 14.8. The van der Waals surface area contributed by atoms with Gasteiger partial charge in [0.15, 0.2) is 0 Å². The summed E-state index contributed by atoms with van der Waals surface area (Å²) < 4.78 is 5.64. The highest BCUT2D eigenvalue weighted by molar-refractivity contribution is 5.81. The van der Waals surface area contributed by atoms with Gasteiger partial charge in [0, 0.05) is 32.2 Å². The van der Waals surface area contributed by atoms with Gasteiger partial charge in [-0.05, 0) is 32.2 Å². The number of ether oxygens (including phenoxy) is 1. The maximum absolute atomic E-state index is 12.4. The van der Waals surface area contributed by atoms with Crippen LogP contribution in [0.5, 0.6) is 0 Å². The van der Waals surface area contributed by atoms with Gasteiger partial charge in [0.1, 0.15) is 6.10 Å². The van der Waals surface area contributed by atoms with Crippen molar-refractivity contribution in [2.75, 3.05) is 39.3 Å². The summed E-state index contributed by atoms with van der Waals surface area (Å²) in [7, 11) is 0. The molecule has 5 heteroatoms. The van der Waals surface area contributed by atoms with Crippen LogP contribution in [-0.2, 0) is 9.53 Å². The molecule has 0 spiro atoms. The summed E-state index contributed by atoms with van der Waals surface area (Å²) in [4.78, 5) is 16.7. The van der Waals surface area contributed by atoms with Crippen LogP contribution in [0.25, 0.3) is 0 Å². The van der Waals surface area contributed by atoms with Crippen LogP contribution < -0.4 is 5.73 Å². The lowest BCUT2D eigenvalue weighted by Crippen LogP contribution is -2.53. The third-order valence-corrected chi connectivity index (χ3v) is 4.47. The van der Waals surface area contributed by atoms with Crippen molar-refractivity contribution in [3.63, 3.8) is 0 Å². The van der Waals surface area contributed by atoms with E-state index >= 15 is 0 Å². The van der Waals surface area contributed by atoms with Gasteiger partial charge in [-0.2, -0.15) is 0 Å². The molecule has 2 N–H and O–H groups in total. The monoisotopic (exact) mass is 269 g/mol. The second kappa shape index (κ2) is 6.68. The fraction of sp³-hybridized carbons (Fsp3) is 0.929. The molecule has 1 amide bonds. The van der Waals surface area contributed by atoms with E-state index in [0.717, 1.165) is 45.6 Å². The summed E-state index contributed by atoms with van der Waals surface area (Å²) in [5, 5.41) is 0. The Kier molecular flexibility index (Phi) is 5.19. The second-order valence-corrected chi connectivity index (χ2v) is 5.77. The molecule has 0 aromatic carbocycles. The molecule has 2 rings (SSSR count). The van der Waals surface area contributed by atoms with Crippen molar-refractivity contribution in [2.24, 2.45) is 11.7 Å². The minimum atomic E-state index is -0.263. The van der Waals surface area contributed by atoms with Crippen LogP contribution in [0.2, 0.25) is 0 Å². The first-order chi connectivity index (χ1) is 9.11. The molecule has 5 nitrogen and oxygen atoms in total. The number of hydrogen-bond acceptors (Lipinski definition) is 4. The molecule has 0 saturated carbocycles. The maximum atomic E-state index is 12.4. The molecule has 0 aromatic heterocycles. The molecule has 2 unspecified atom stereocenters. The third kappa shape index (κ3) is 3.68. The first-order valence-corrected chi connectivity index (χ1v) is 7.50. The average Bonchev–Trinajstić information content (AvgIpc) is 2.46. The van der Waals surface area contributed by atoms with Crippen molar-refractivity contribution >= 4 is 5.91 Å². The van der Waals surface area contributed by atoms with Crippen molar-refractivity contribution in [2.45, 2.75) is 38.8 Å². The summed E-state index contributed by atoms with van der Waals surface area (Å²) in [6, 6.07) is 0.235. The number of nitrogens with zero attached hydrogens (tertiary/aromatic N) is 2. The number of amides is 1. The molecular formula is C14H27N3O2. The van der Waals surface area contributed by atoms with E-state index in [4.69, 9.17) is 10.5 Å². The van der Waals surface area contributed by atoms with Crippen molar-refractivity contribution in [3.8, 4) is 0 Å². The number of nitrogens with two attached hydrogens (primary N) is 1. The van der Waals surface area contributed by atoms with E-state index in [1.807, 2.05) is 4.90 Å². The number of piperidine rings is 1. The van der Waals surface area contributed by atoms with Gasteiger partial charge in [-0.15, -0.1) is 0 Å². The van der Waals surface area contributed by atoms with Gasteiger partial charge in [-0.1, -0.05) is 6.92 Å². The van der Waals surface area contributed by atoms with Crippen LogP contribution in [-0.4, -0.2) is 67.2 Å². The predicted octanol–water partition coefficient (Wildman–Crippen LogP) is 0.293. The lowest BCUT2D eigenvalue weighted by molar-refractivity contribution is -0.150. The largest absolute Gasteiger partial charge is 0.366 e. The molecule has 2 aliphatic heterocycles. The molecule has 110 valence electrons. The smallest absolute Gasteiger partial charge is 0.253 e. The average molecular weight is 269 g/mol. The number of morpholine rings is 1. The van der Waals surface area contributed by atoms with Crippen LogP contribution in [0.3, 0.4) is 0 Å². The van der Waals surface area contributed by atoms with Crippen molar-refractivity contribution in [1.82, 2.24) is 9.80 Å². The molecule has 2 heterocycles. The number of likely N-dealkylation sites (N-methyl/N-ethyl adjacent to an activating group) is 1.